The smallest absolute Gasteiger partial charge is 0.122 e. The van der Waals surface area contributed by atoms with E-state index in [0.29, 0.717) is 11.4 Å². The molecule has 0 saturated heterocycles. The van der Waals surface area contributed by atoms with Crippen molar-refractivity contribution in [1.82, 2.24) is 4.98 Å². The zero-order valence-corrected chi connectivity index (χ0v) is 11.6. The highest BCUT2D eigenvalue weighted by atomic mass is 35.5. The number of pyridine rings is 1. The summed E-state index contributed by atoms with van der Waals surface area (Å²) in [6.45, 7) is 0. The number of halogens is 1. The number of benzene rings is 1. The molecule has 2 rings (SSSR count). The second kappa shape index (κ2) is 6.55. The summed E-state index contributed by atoms with van der Waals surface area (Å²) in [6, 6.07) is 11.4. The molecule has 4 heteroatoms. The summed E-state index contributed by atoms with van der Waals surface area (Å²) in [5.74, 6) is 0.820. The van der Waals surface area contributed by atoms with Crippen molar-refractivity contribution < 1.29 is 4.74 Å². The van der Waals surface area contributed by atoms with Crippen molar-refractivity contribution >= 4 is 11.6 Å². The Labute approximate surface area is 118 Å². The van der Waals surface area contributed by atoms with Crippen molar-refractivity contribution in [3.63, 3.8) is 0 Å². The van der Waals surface area contributed by atoms with Crippen molar-refractivity contribution in [3.05, 3.63) is 58.9 Å². The first-order valence-electron chi connectivity index (χ1n) is 6.17. The molecule has 2 aromatic rings. The lowest BCUT2D eigenvalue weighted by Crippen LogP contribution is -2.26. The molecule has 1 atom stereocenters. The molecule has 0 spiro atoms. The summed E-state index contributed by atoms with van der Waals surface area (Å²) in [4.78, 5) is 4.28. The number of hydrogen-bond donors (Lipinski definition) is 1. The van der Waals surface area contributed by atoms with E-state index >= 15 is 0 Å². The van der Waals surface area contributed by atoms with Gasteiger partial charge in [0.2, 0.25) is 0 Å². The number of nitrogens with zero attached hydrogens (tertiary/aromatic N) is 1. The normalized spacial score (nSPS) is 12.2. The highest BCUT2D eigenvalue weighted by Crippen LogP contribution is 2.24. The topological polar surface area (TPSA) is 48.1 Å². The SMILES string of the molecule is COc1ccc(Cl)cc1CC(N)Cc1ccccn1. The molecule has 0 aliphatic carbocycles. The zero-order valence-electron chi connectivity index (χ0n) is 10.8. The van der Waals surface area contributed by atoms with Crippen LogP contribution >= 0.6 is 11.6 Å². The zero-order chi connectivity index (χ0) is 13.7. The molecule has 0 radical (unpaired) electrons. The average Bonchev–Trinajstić information content (AvgIpc) is 2.40. The van der Waals surface area contributed by atoms with Crippen LogP contribution in [0.1, 0.15) is 11.3 Å². The maximum absolute atomic E-state index is 6.17. The Hall–Kier alpha value is -1.58. The van der Waals surface area contributed by atoms with Gasteiger partial charge in [-0.1, -0.05) is 17.7 Å². The summed E-state index contributed by atoms with van der Waals surface area (Å²) in [6.07, 6.45) is 3.22. The molecule has 1 aromatic carbocycles. The van der Waals surface area contributed by atoms with Crippen LogP contribution in [-0.2, 0) is 12.8 Å². The van der Waals surface area contributed by atoms with E-state index in [-0.39, 0.29) is 6.04 Å². The van der Waals surface area contributed by atoms with E-state index in [9.17, 15) is 0 Å². The lowest BCUT2D eigenvalue weighted by molar-refractivity contribution is 0.407. The molecule has 2 N–H and O–H groups in total. The van der Waals surface area contributed by atoms with Gasteiger partial charge in [0.15, 0.2) is 0 Å². The fourth-order valence-corrected chi connectivity index (χ4v) is 2.24. The lowest BCUT2D eigenvalue weighted by Gasteiger charge is -2.14. The van der Waals surface area contributed by atoms with E-state index in [0.717, 1.165) is 23.4 Å². The molecule has 0 saturated carbocycles. The second-order valence-electron chi connectivity index (χ2n) is 4.45. The van der Waals surface area contributed by atoms with Crippen molar-refractivity contribution in [1.29, 1.82) is 0 Å². The third-order valence-electron chi connectivity index (χ3n) is 2.92. The van der Waals surface area contributed by atoms with Gasteiger partial charge in [0.05, 0.1) is 7.11 Å². The van der Waals surface area contributed by atoms with Crippen LogP contribution < -0.4 is 10.5 Å². The maximum atomic E-state index is 6.17. The minimum Gasteiger partial charge on any atom is -0.496 e. The van der Waals surface area contributed by atoms with Crippen molar-refractivity contribution in [3.8, 4) is 5.75 Å². The highest BCUT2D eigenvalue weighted by Gasteiger charge is 2.10. The molecule has 1 heterocycles. The van der Waals surface area contributed by atoms with Crippen LogP contribution in [0.2, 0.25) is 5.02 Å². The summed E-state index contributed by atoms with van der Waals surface area (Å²) in [5.41, 5.74) is 8.20. The summed E-state index contributed by atoms with van der Waals surface area (Å²) in [5, 5.41) is 0.695. The van der Waals surface area contributed by atoms with Gasteiger partial charge in [-0.2, -0.15) is 0 Å². The Morgan fingerprint density at radius 1 is 1.26 bits per heavy atom. The van der Waals surface area contributed by atoms with E-state index in [2.05, 4.69) is 4.98 Å². The Kier molecular flexibility index (Phi) is 4.77. The van der Waals surface area contributed by atoms with Gasteiger partial charge >= 0.3 is 0 Å². The van der Waals surface area contributed by atoms with Crippen molar-refractivity contribution in [2.75, 3.05) is 7.11 Å². The first-order valence-corrected chi connectivity index (χ1v) is 6.54. The number of aromatic nitrogens is 1. The van der Waals surface area contributed by atoms with Crippen LogP contribution in [0.25, 0.3) is 0 Å². The lowest BCUT2D eigenvalue weighted by atomic mass is 10.0. The fraction of sp³-hybridized carbons (Fsp3) is 0.267. The predicted octanol–water partition coefficient (Wildman–Crippen LogP) is 2.86. The van der Waals surface area contributed by atoms with Gasteiger partial charge in [-0.05, 0) is 42.3 Å². The van der Waals surface area contributed by atoms with Crippen LogP contribution in [0.15, 0.2) is 42.6 Å². The van der Waals surface area contributed by atoms with Crippen LogP contribution in [0.5, 0.6) is 5.75 Å². The van der Waals surface area contributed by atoms with Crippen LogP contribution in [0.3, 0.4) is 0 Å². The molecular formula is C15H17ClN2O. The van der Waals surface area contributed by atoms with Gasteiger partial charge < -0.3 is 10.5 Å². The monoisotopic (exact) mass is 276 g/mol. The third kappa shape index (κ3) is 3.94. The molecule has 0 aliphatic rings. The molecule has 0 aliphatic heterocycles. The van der Waals surface area contributed by atoms with Gasteiger partial charge in [-0.15, -0.1) is 0 Å². The van der Waals surface area contributed by atoms with Gasteiger partial charge in [-0.3, -0.25) is 4.98 Å². The van der Waals surface area contributed by atoms with Gasteiger partial charge in [0.25, 0.3) is 0 Å². The van der Waals surface area contributed by atoms with E-state index in [1.165, 1.54) is 0 Å². The highest BCUT2D eigenvalue weighted by molar-refractivity contribution is 6.30. The van der Waals surface area contributed by atoms with Crippen molar-refractivity contribution in [2.24, 2.45) is 5.73 Å². The minimum absolute atomic E-state index is 0.0118. The molecule has 100 valence electrons. The first-order chi connectivity index (χ1) is 9.19. The Balaban J connectivity index is 2.06. The quantitative estimate of drug-likeness (QED) is 0.913. The molecule has 0 amide bonds. The van der Waals surface area contributed by atoms with Gasteiger partial charge in [0.1, 0.15) is 5.75 Å². The van der Waals surface area contributed by atoms with Crippen LogP contribution in [0, 0.1) is 0 Å². The molecule has 3 nitrogen and oxygen atoms in total. The molecule has 0 bridgehead atoms. The predicted molar refractivity (Wildman–Crippen MR) is 77.6 cm³/mol. The minimum atomic E-state index is -0.0118. The van der Waals surface area contributed by atoms with E-state index in [4.69, 9.17) is 22.1 Å². The number of hydrogen-bond acceptors (Lipinski definition) is 3. The standard InChI is InChI=1S/C15H17ClN2O/c1-19-15-6-5-12(16)8-11(15)9-13(17)10-14-4-2-3-7-18-14/h2-8,13H,9-10,17H2,1H3. The average molecular weight is 277 g/mol. The molecule has 0 fully saturated rings. The number of rotatable bonds is 5. The van der Waals surface area contributed by atoms with Crippen LogP contribution in [-0.4, -0.2) is 18.1 Å². The molecule has 1 aromatic heterocycles. The van der Waals surface area contributed by atoms with Gasteiger partial charge in [0, 0.05) is 29.4 Å². The Bertz CT molecular complexity index is 531. The first kappa shape index (κ1) is 13.8. The third-order valence-corrected chi connectivity index (χ3v) is 3.16. The fourth-order valence-electron chi connectivity index (χ4n) is 2.05. The summed E-state index contributed by atoms with van der Waals surface area (Å²) < 4.78 is 5.32. The largest absolute Gasteiger partial charge is 0.496 e. The van der Waals surface area contributed by atoms with E-state index in [1.54, 1.807) is 13.3 Å². The molecular weight excluding hydrogens is 260 g/mol. The van der Waals surface area contributed by atoms with Gasteiger partial charge in [-0.25, -0.2) is 0 Å². The van der Waals surface area contributed by atoms with E-state index in [1.807, 2.05) is 36.4 Å². The second-order valence-corrected chi connectivity index (χ2v) is 4.88. The summed E-state index contributed by atoms with van der Waals surface area (Å²) >= 11 is 6.01. The summed E-state index contributed by atoms with van der Waals surface area (Å²) in [7, 11) is 1.65. The Morgan fingerprint density at radius 2 is 2.11 bits per heavy atom. The number of ether oxygens (including phenoxy) is 1. The number of nitrogens with two attached hydrogens (primary N) is 1. The Morgan fingerprint density at radius 3 is 2.79 bits per heavy atom. The maximum Gasteiger partial charge on any atom is 0.122 e. The van der Waals surface area contributed by atoms with Crippen LogP contribution in [0.4, 0.5) is 0 Å². The van der Waals surface area contributed by atoms with Crippen molar-refractivity contribution in [2.45, 2.75) is 18.9 Å². The van der Waals surface area contributed by atoms with E-state index < -0.39 is 0 Å². The number of methoxy groups -OCH3 is 1. The molecule has 1 unspecified atom stereocenters. The molecule has 19 heavy (non-hydrogen) atoms.